The highest BCUT2D eigenvalue weighted by molar-refractivity contribution is 7.13. The van der Waals surface area contributed by atoms with E-state index >= 15 is 0 Å². The quantitative estimate of drug-likeness (QED) is 0.266. The molecule has 6 N–H and O–H groups in total. The molecule has 0 saturated carbocycles. The third kappa shape index (κ3) is 12.4. The lowest BCUT2D eigenvalue weighted by Crippen LogP contribution is -2.29. The van der Waals surface area contributed by atoms with Crippen molar-refractivity contribution in [1.29, 1.82) is 0 Å². The van der Waals surface area contributed by atoms with E-state index in [1.807, 2.05) is 0 Å². The Bertz CT molecular complexity index is 206. The van der Waals surface area contributed by atoms with Gasteiger partial charge >= 0.3 is 0 Å². The molecular formula is C12H32N4O2P2. The molecular weight excluding hydrogens is 294 g/mol. The molecule has 0 heterocycles. The lowest BCUT2D eigenvalue weighted by Gasteiger charge is -2.22. The second-order valence-corrected chi connectivity index (χ2v) is 6.62. The zero-order chi connectivity index (χ0) is 15.4. The van der Waals surface area contributed by atoms with Crippen molar-refractivity contribution < 1.29 is 10.2 Å². The van der Waals surface area contributed by atoms with E-state index in [2.05, 4.69) is 28.1 Å². The van der Waals surface area contributed by atoms with E-state index in [-0.39, 0.29) is 12.2 Å². The lowest BCUT2D eigenvalue weighted by molar-refractivity contribution is 0.138. The van der Waals surface area contributed by atoms with Gasteiger partial charge in [0, 0.05) is 26.2 Å². The average Bonchev–Trinajstić information content (AvgIpc) is 2.35. The highest BCUT2D eigenvalue weighted by Crippen LogP contribution is 2.08. The van der Waals surface area contributed by atoms with Gasteiger partial charge in [0.05, 0.1) is 12.2 Å². The first-order chi connectivity index (χ1) is 9.49. The number of aliphatic hydroxyl groups is 2. The van der Waals surface area contributed by atoms with Crippen LogP contribution in [0, 0.1) is 0 Å². The second kappa shape index (κ2) is 13.3. The predicted octanol–water partition coefficient (Wildman–Crippen LogP) is -0.630. The molecule has 20 heavy (non-hydrogen) atoms. The van der Waals surface area contributed by atoms with Crippen LogP contribution in [0.5, 0.6) is 0 Å². The summed E-state index contributed by atoms with van der Waals surface area (Å²) in [5.74, 6) is 0. The van der Waals surface area contributed by atoms with Crippen molar-refractivity contribution in [2.24, 2.45) is 11.5 Å². The molecule has 0 aliphatic rings. The summed E-state index contributed by atoms with van der Waals surface area (Å²) in [6.07, 6.45) is 2.70. The molecule has 0 aromatic heterocycles. The summed E-state index contributed by atoms with van der Waals surface area (Å²) in [5.41, 5.74) is 10.8. The van der Waals surface area contributed by atoms with Crippen LogP contribution in [0.25, 0.3) is 0 Å². The summed E-state index contributed by atoms with van der Waals surface area (Å²) in [7, 11) is 5.30. The Hall–Kier alpha value is 0.620. The summed E-state index contributed by atoms with van der Waals surface area (Å²) in [6.45, 7) is 4.18. The monoisotopic (exact) mass is 326 g/mol. The summed E-state index contributed by atoms with van der Waals surface area (Å²) in [4.78, 5) is 0. The van der Waals surface area contributed by atoms with E-state index in [0.717, 1.165) is 25.9 Å². The smallest absolute Gasteiger partial charge is 0.0682 e. The SMILES string of the molecule is NCC[C@H](O)CN(P)CCCCN(P)C[C@@H](O)CCN. The molecule has 0 aliphatic heterocycles. The first-order valence-corrected chi connectivity index (χ1v) is 8.28. The standard InChI is InChI=1S/C12H32N4O2P2/c13-5-3-11(17)9-15(19)7-1-2-8-16(20)10-12(18)4-6-14/h11-12,17-18H,1-10,13-14,19-20H2/t11-,12-/m0/s1. The van der Waals surface area contributed by atoms with Gasteiger partial charge < -0.3 is 21.7 Å². The summed E-state index contributed by atoms with van der Waals surface area (Å²) >= 11 is 0. The molecule has 0 rings (SSSR count). The molecule has 0 fully saturated rings. The summed E-state index contributed by atoms with van der Waals surface area (Å²) < 4.78 is 4.10. The number of rotatable bonds is 13. The van der Waals surface area contributed by atoms with Crippen LogP contribution in [-0.2, 0) is 0 Å². The van der Waals surface area contributed by atoms with Crippen molar-refractivity contribution in [3.63, 3.8) is 0 Å². The molecule has 2 unspecified atom stereocenters. The van der Waals surface area contributed by atoms with Crippen LogP contribution >= 0.6 is 18.8 Å². The highest BCUT2D eigenvalue weighted by atomic mass is 31.0. The van der Waals surface area contributed by atoms with E-state index in [1.165, 1.54) is 0 Å². The maximum absolute atomic E-state index is 9.63. The third-order valence-corrected chi connectivity index (χ3v) is 3.97. The fourth-order valence-electron chi connectivity index (χ4n) is 1.92. The Morgan fingerprint density at radius 1 is 0.800 bits per heavy atom. The number of nitrogens with two attached hydrogens (primary N) is 2. The van der Waals surface area contributed by atoms with Crippen molar-refractivity contribution in [2.75, 3.05) is 39.3 Å². The van der Waals surface area contributed by atoms with Gasteiger partial charge in [0.2, 0.25) is 0 Å². The lowest BCUT2D eigenvalue weighted by atomic mass is 10.2. The fourth-order valence-corrected chi connectivity index (χ4v) is 2.77. The van der Waals surface area contributed by atoms with Crippen LogP contribution in [0.2, 0.25) is 0 Å². The van der Waals surface area contributed by atoms with Gasteiger partial charge in [-0.25, -0.2) is 0 Å². The molecule has 4 atom stereocenters. The van der Waals surface area contributed by atoms with Crippen molar-refractivity contribution in [2.45, 2.75) is 37.9 Å². The van der Waals surface area contributed by atoms with Crippen LogP contribution < -0.4 is 11.5 Å². The predicted molar refractivity (Wildman–Crippen MR) is 91.2 cm³/mol. The molecule has 8 heteroatoms. The summed E-state index contributed by atoms with van der Waals surface area (Å²) in [6, 6.07) is 0. The molecule has 0 radical (unpaired) electrons. The number of unbranched alkanes of at least 4 members (excludes halogenated alkanes) is 1. The van der Waals surface area contributed by atoms with Crippen LogP contribution in [0.3, 0.4) is 0 Å². The van der Waals surface area contributed by atoms with E-state index in [1.54, 1.807) is 0 Å². The largest absolute Gasteiger partial charge is 0.392 e. The number of aliphatic hydroxyl groups excluding tert-OH is 2. The molecule has 0 spiro atoms. The zero-order valence-electron chi connectivity index (χ0n) is 12.3. The van der Waals surface area contributed by atoms with Gasteiger partial charge in [-0.05, 0) is 38.8 Å². The molecule has 0 aromatic rings. The van der Waals surface area contributed by atoms with Gasteiger partial charge in [-0.3, -0.25) is 9.34 Å². The molecule has 0 saturated heterocycles. The fraction of sp³-hybridized carbons (Fsp3) is 1.00. The first kappa shape index (κ1) is 20.6. The van der Waals surface area contributed by atoms with E-state index in [0.29, 0.717) is 39.0 Å². The van der Waals surface area contributed by atoms with Gasteiger partial charge in [-0.2, -0.15) is 0 Å². The highest BCUT2D eigenvalue weighted by Gasteiger charge is 2.09. The molecule has 0 aromatic carbocycles. The number of hydrogen-bond acceptors (Lipinski definition) is 6. The molecule has 0 aliphatic carbocycles. The molecule has 122 valence electrons. The Morgan fingerprint density at radius 2 is 1.15 bits per heavy atom. The normalized spacial score (nSPS) is 15.0. The van der Waals surface area contributed by atoms with Gasteiger partial charge in [0.25, 0.3) is 0 Å². The van der Waals surface area contributed by atoms with E-state index in [9.17, 15) is 10.2 Å². The van der Waals surface area contributed by atoms with Gasteiger partial charge in [0.1, 0.15) is 0 Å². The van der Waals surface area contributed by atoms with Crippen LogP contribution in [0.4, 0.5) is 0 Å². The third-order valence-electron chi connectivity index (χ3n) is 3.03. The van der Waals surface area contributed by atoms with Gasteiger partial charge in [0.15, 0.2) is 0 Å². The Balaban J connectivity index is 3.54. The van der Waals surface area contributed by atoms with Crippen LogP contribution in [0.1, 0.15) is 25.7 Å². The number of hydrogen-bond donors (Lipinski definition) is 4. The molecule has 6 nitrogen and oxygen atoms in total. The molecule has 0 bridgehead atoms. The van der Waals surface area contributed by atoms with Crippen LogP contribution in [0.15, 0.2) is 0 Å². The maximum Gasteiger partial charge on any atom is 0.0682 e. The minimum absolute atomic E-state index is 0.345. The molecule has 0 amide bonds. The minimum Gasteiger partial charge on any atom is -0.392 e. The Labute approximate surface area is 127 Å². The zero-order valence-corrected chi connectivity index (χ0v) is 14.6. The topological polar surface area (TPSA) is 99.0 Å². The second-order valence-electron chi connectivity index (χ2n) is 5.16. The first-order valence-electron chi connectivity index (χ1n) is 7.25. The van der Waals surface area contributed by atoms with Gasteiger partial charge in [-0.1, -0.05) is 18.8 Å². The van der Waals surface area contributed by atoms with Crippen LogP contribution in [-0.4, -0.2) is 71.0 Å². The Morgan fingerprint density at radius 3 is 1.45 bits per heavy atom. The maximum atomic E-state index is 9.63. The minimum atomic E-state index is -0.345. The van der Waals surface area contributed by atoms with Crippen molar-refractivity contribution in [1.82, 2.24) is 9.34 Å². The van der Waals surface area contributed by atoms with Crippen molar-refractivity contribution in [3.05, 3.63) is 0 Å². The average molecular weight is 326 g/mol. The number of nitrogens with zero attached hydrogens (tertiary/aromatic N) is 2. The summed E-state index contributed by atoms with van der Waals surface area (Å²) in [5, 5.41) is 19.3. The van der Waals surface area contributed by atoms with Gasteiger partial charge in [-0.15, -0.1) is 0 Å². The van der Waals surface area contributed by atoms with E-state index < -0.39 is 0 Å². The van der Waals surface area contributed by atoms with E-state index in [4.69, 9.17) is 11.5 Å². The van der Waals surface area contributed by atoms with Crippen molar-refractivity contribution >= 4 is 18.8 Å². The Kier molecular flexibility index (Phi) is 13.7. The van der Waals surface area contributed by atoms with Crippen molar-refractivity contribution in [3.8, 4) is 0 Å².